The molecular formula is C22H23ClN8O5. The van der Waals surface area contributed by atoms with Gasteiger partial charge in [-0.1, -0.05) is 23.7 Å². The first-order chi connectivity index (χ1) is 17.4. The number of hydrogen-bond donors (Lipinski definition) is 5. The number of halogens is 1. The quantitative estimate of drug-likeness (QED) is 0.230. The topological polar surface area (TPSA) is 172 Å². The van der Waals surface area contributed by atoms with E-state index < -0.39 is 31.1 Å². The monoisotopic (exact) mass is 514 g/mol. The summed E-state index contributed by atoms with van der Waals surface area (Å²) in [5.41, 5.74) is 1.89. The summed E-state index contributed by atoms with van der Waals surface area (Å²) in [4.78, 5) is 25.9. The Kier molecular flexibility index (Phi) is 6.55. The van der Waals surface area contributed by atoms with E-state index in [0.29, 0.717) is 34.1 Å². The van der Waals surface area contributed by atoms with Crippen LogP contribution in [0.1, 0.15) is 22.1 Å². The van der Waals surface area contributed by atoms with Crippen molar-refractivity contribution in [3.63, 3.8) is 0 Å². The van der Waals surface area contributed by atoms with Crippen LogP contribution >= 0.6 is 11.6 Å². The summed E-state index contributed by atoms with van der Waals surface area (Å²) in [6.07, 6.45) is -0.269. The van der Waals surface area contributed by atoms with Gasteiger partial charge in [0.15, 0.2) is 23.2 Å². The number of aromatic nitrogens is 6. The van der Waals surface area contributed by atoms with E-state index in [1.54, 1.807) is 19.2 Å². The van der Waals surface area contributed by atoms with Crippen LogP contribution in [0.15, 0.2) is 43.0 Å². The third-order valence-electron chi connectivity index (χ3n) is 5.85. The van der Waals surface area contributed by atoms with Gasteiger partial charge in [0.2, 0.25) is 0 Å². The first-order valence-corrected chi connectivity index (χ1v) is 11.4. The van der Waals surface area contributed by atoms with Gasteiger partial charge >= 0.3 is 0 Å². The predicted molar refractivity (Wildman–Crippen MR) is 128 cm³/mol. The predicted octanol–water partition coefficient (Wildman–Crippen LogP) is 0.249. The van der Waals surface area contributed by atoms with Crippen molar-refractivity contribution >= 4 is 34.5 Å². The highest BCUT2D eigenvalue weighted by Crippen LogP contribution is 2.32. The van der Waals surface area contributed by atoms with Crippen LogP contribution in [0.2, 0.25) is 5.02 Å². The van der Waals surface area contributed by atoms with Gasteiger partial charge in [-0.3, -0.25) is 9.36 Å². The number of nitrogens with zero attached hydrogens (tertiary/aromatic N) is 6. The minimum Gasteiger partial charge on any atom is -0.394 e. The molecule has 1 aromatic carbocycles. The largest absolute Gasteiger partial charge is 0.394 e. The zero-order chi connectivity index (χ0) is 25.4. The fourth-order valence-electron chi connectivity index (χ4n) is 3.91. The smallest absolute Gasteiger partial charge is 0.254 e. The lowest BCUT2D eigenvalue weighted by atomic mass is 10.1. The molecule has 1 aliphatic heterocycles. The number of nitrogens with one attached hydrogen (secondary N) is 2. The molecule has 0 aliphatic carbocycles. The maximum atomic E-state index is 12.6. The molecule has 13 nitrogen and oxygen atoms in total. The summed E-state index contributed by atoms with van der Waals surface area (Å²) in [7, 11) is 1.66. The lowest BCUT2D eigenvalue weighted by Gasteiger charge is -2.17. The Morgan fingerprint density at radius 1 is 1.19 bits per heavy atom. The van der Waals surface area contributed by atoms with Crippen molar-refractivity contribution in [2.45, 2.75) is 31.1 Å². The highest BCUT2D eigenvalue weighted by molar-refractivity contribution is 6.30. The number of amides is 1. The molecule has 5 N–H and O–H groups in total. The molecule has 0 radical (unpaired) electrons. The maximum Gasteiger partial charge on any atom is 0.254 e. The second kappa shape index (κ2) is 9.79. The molecule has 3 aromatic heterocycles. The molecule has 188 valence electrons. The third kappa shape index (κ3) is 4.38. The average Bonchev–Trinajstić information content (AvgIpc) is 3.61. The van der Waals surface area contributed by atoms with Gasteiger partial charge in [-0.05, 0) is 17.7 Å². The van der Waals surface area contributed by atoms with Crippen LogP contribution in [0.3, 0.4) is 0 Å². The van der Waals surface area contributed by atoms with Gasteiger partial charge in [0.05, 0.1) is 24.7 Å². The first kappa shape index (κ1) is 24.1. The van der Waals surface area contributed by atoms with Crippen molar-refractivity contribution < 1.29 is 24.9 Å². The maximum absolute atomic E-state index is 12.6. The Balaban J connectivity index is 1.42. The van der Waals surface area contributed by atoms with Crippen LogP contribution < -0.4 is 10.6 Å². The molecule has 0 bridgehead atoms. The van der Waals surface area contributed by atoms with Crippen LogP contribution in [0.25, 0.3) is 17.1 Å². The zero-order valence-corrected chi connectivity index (χ0v) is 19.7. The normalized spacial score (nSPS) is 21.7. The van der Waals surface area contributed by atoms with Crippen molar-refractivity contribution in [2.24, 2.45) is 0 Å². The Morgan fingerprint density at radius 2 is 1.97 bits per heavy atom. The van der Waals surface area contributed by atoms with Gasteiger partial charge in [0.1, 0.15) is 18.3 Å². The number of carbonyl (C=O) groups is 1. The minimum atomic E-state index is -1.31. The molecule has 36 heavy (non-hydrogen) atoms. The van der Waals surface area contributed by atoms with Crippen molar-refractivity contribution in [1.29, 1.82) is 0 Å². The van der Waals surface area contributed by atoms with Gasteiger partial charge < -0.3 is 30.7 Å². The van der Waals surface area contributed by atoms with Crippen LogP contribution in [0.4, 0.5) is 5.82 Å². The number of aliphatic hydroxyl groups is 3. The van der Waals surface area contributed by atoms with Crippen molar-refractivity contribution in [1.82, 2.24) is 34.6 Å². The zero-order valence-electron chi connectivity index (χ0n) is 19.0. The third-order valence-corrected chi connectivity index (χ3v) is 6.11. The fraction of sp³-hybridized carbons (Fsp3) is 0.318. The summed E-state index contributed by atoms with van der Waals surface area (Å²) in [5.74, 6) is 0.185. The number of hydrogen-bond acceptors (Lipinski definition) is 10. The molecule has 1 saturated heterocycles. The van der Waals surface area contributed by atoms with E-state index in [1.807, 2.05) is 12.1 Å². The Labute approximate surface area is 209 Å². The molecule has 1 fully saturated rings. The molecule has 1 aliphatic rings. The highest BCUT2D eigenvalue weighted by Gasteiger charge is 2.44. The van der Waals surface area contributed by atoms with E-state index >= 15 is 0 Å². The minimum absolute atomic E-state index is 0.136. The van der Waals surface area contributed by atoms with Crippen molar-refractivity contribution in [2.75, 3.05) is 19.0 Å². The first-order valence-electron chi connectivity index (χ1n) is 11.0. The number of benzene rings is 1. The number of rotatable bonds is 7. The molecule has 14 heteroatoms. The number of aliphatic hydroxyl groups excluding tert-OH is 3. The van der Waals surface area contributed by atoms with Gasteiger partial charge in [0, 0.05) is 24.8 Å². The van der Waals surface area contributed by atoms with E-state index in [1.165, 1.54) is 28.0 Å². The number of carbonyl (C=O) groups excluding carboxylic acids is 1. The molecule has 4 atom stereocenters. The molecule has 4 heterocycles. The van der Waals surface area contributed by atoms with Gasteiger partial charge in [-0.15, -0.1) is 0 Å². The molecule has 0 spiro atoms. The van der Waals surface area contributed by atoms with Crippen LogP contribution in [-0.4, -0.2) is 82.5 Å². The summed E-state index contributed by atoms with van der Waals surface area (Å²) >= 11 is 5.89. The molecule has 5 rings (SSSR count). The van der Waals surface area contributed by atoms with Gasteiger partial charge in [0.25, 0.3) is 11.9 Å². The lowest BCUT2D eigenvalue weighted by molar-refractivity contribution is -0.0511. The summed E-state index contributed by atoms with van der Waals surface area (Å²) in [6, 6.07) is 7.15. The van der Waals surface area contributed by atoms with E-state index in [2.05, 4.69) is 30.7 Å². The number of ether oxygens (including phenoxy) is 1. The van der Waals surface area contributed by atoms with Gasteiger partial charge in [-0.25, -0.2) is 9.67 Å². The molecule has 0 unspecified atom stereocenters. The van der Waals surface area contributed by atoms with Crippen molar-refractivity contribution in [3.8, 4) is 5.95 Å². The molecule has 1 amide bonds. The summed E-state index contributed by atoms with van der Waals surface area (Å²) < 4.78 is 8.41. The number of fused-ring (bicyclic) bond motifs is 1. The van der Waals surface area contributed by atoms with E-state index in [4.69, 9.17) is 16.3 Å². The van der Waals surface area contributed by atoms with Crippen molar-refractivity contribution in [3.05, 3.63) is 59.1 Å². The Morgan fingerprint density at radius 3 is 2.67 bits per heavy atom. The summed E-state index contributed by atoms with van der Waals surface area (Å²) in [5, 5.41) is 40.6. The van der Waals surface area contributed by atoms with E-state index in [-0.39, 0.29) is 11.9 Å². The molecule has 0 saturated carbocycles. The Bertz CT molecular complexity index is 1390. The number of imidazole rings is 1. The Hall–Kier alpha value is -3.62. The molecule has 4 aromatic rings. The second-order valence-electron chi connectivity index (χ2n) is 8.16. The standard InChI is InChI=1S/C22H23ClN8O5/c1-24-18-15-19(30(10-26-15)21-17(34)16(33)14(9-32)36-21)29-22(28-18)31-8-12(7-27-31)20(35)25-6-11-2-4-13(23)5-3-11/h2-5,7-8,10,14,16-17,21,32-34H,6,9H2,1H3,(H,25,35)(H,24,28,29)/t14-,16-,17-,21-/m1/s1. The van der Waals surface area contributed by atoms with E-state index in [9.17, 15) is 20.1 Å². The lowest BCUT2D eigenvalue weighted by Crippen LogP contribution is -2.33. The second-order valence-corrected chi connectivity index (χ2v) is 8.59. The molecular weight excluding hydrogens is 492 g/mol. The van der Waals surface area contributed by atoms with E-state index in [0.717, 1.165) is 5.56 Å². The average molecular weight is 515 g/mol. The van der Waals surface area contributed by atoms with Crippen LogP contribution in [0.5, 0.6) is 0 Å². The van der Waals surface area contributed by atoms with Crippen LogP contribution in [0, 0.1) is 0 Å². The SMILES string of the molecule is CNc1nc(-n2cc(C(=O)NCc3ccc(Cl)cc3)cn2)nc2c1ncn2[C@@H]1O[C@H](CO)[C@@H](O)[C@H]1O. The number of anilines is 1. The van der Waals surface area contributed by atoms with Gasteiger partial charge in [-0.2, -0.15) is 15.1 Å². The highest BCUT2D eigenvalue weighted by atomic mass is 35.5. The summed E-state index contributed by atoms with van der Waals surface area (Å²) in [6.45, 7) is -0.142. The fourth-order valence-corrected chi connectivity index (χ4v) is 4.04. The van der Waals surface area contributed by atoms with Crippen LogP contribution in [-0.2, 0) is 11.3 Å².